The van der Waals surface area contributed by atoms with Crippen LogP contribution in [0.25, 0.3) is 16.5 Å². The number of carbonyl (C=O) groups is 1. The van der Waals surface area contributed by atoms with Gasteiger partial charge in [0, 0.05) is 30.5 Å². The van der Waals surface area contributed by atoms with Crippen LogP contribution in [0.2, 0.25) is 5.28 Å². The van der Waals surface area contributed by atoms with Crippen LogP contribution in [0, 0.1) is 6.92 Å². The largest absolute Gasteiger partial charge is 0.377 e. The number of hydrogen-bond acceptors (Lipinski definition) is 7. The van der Waals surface area contributed by atoms with Crippen molar-refractivity contribution in [2.24, 2.45) is 0 Å². The van der Waals surface area contributed by atoms with Crippen molar-refractivity contribution in [2.75, 3.05) is 18.5 Å². The summed E-state index contributed by atoms with van der Waals surface area (Å²) in [6.45, 7) is 6.74. The van der Waals surface area contributed by atoms with Gasteiger partial charge < -0.3 is 10.1 Å². The van der Waals surface area contributed by atoms with Gasteiger partial charge in [0.1, 0.15) is 5.82 Å². The first-order valence-electron chi connectivity index (χ1n) is 9.53. The molecule has 3 aromatic rings. The number of hydrogen-bond donors (Lipinski definition) is 1. The quantitative estimate of drug-likeness (QED) is 0.363. The number of halogens is 1. The molecule has 0 fully saturated rings. The van der Waals surface area contributed by atoms with Gasteiger partial charge in [-0.3, -0.25) is 4.79 Å². The van der Waals surface area contributed by atoms with E-state index < -0.39 is 0 Å². The number of ether oxygens (including phenoxy) is 1. The second-order valence-corrected chi connectivity index (χ2v) is 7.82. The molecule has 1 aromatic carbocycles. The Kier molecular flexibility index (Phi) is 7.68. The van der Waals surface area contributed by atoms with Gasteiger partial charge in [0.2, 0.25) is 5.28 Å². The van der Waals surface area contributed by atoms with Gasteiger partial charge in [0.15, 0.2) is 5.78 Å². The van der Waals surface area contributed by atoms with Crippen molar-refractivity contribution in [3.63, 3.8) is 0 Å². The van der Waals surface area contributed by atoms with E-state index >= 15 is 0 Å². The van der Waals surface area contributed by atoms with Crippen molar-refractivity contribution in [3.05, 3.63) is 63.7 Å². The highest BCUT2D eigenvalue weighted by Gasteiger charge is 2.10. The lowest BCUT2D eigenvalue weighted by Crippen LogP contribution is -2.08. The van der Waals surface area contributed by atoms with Gasteiger partial charge in [-0.15, -0.1) is 11.3 Å². The van der Waals surface area contributed by atoms with Crippen molar-refractivity contribution in [1.29, 1.82) is 0 Å². The van der Waals surface area contributed by atoms with Crippen LogP contribution in [0.4, 0.5) is 5.82 Å². The second kappa shape index (κ2) is 10.4. The van der Waals surface area contributed by atoms with Crippen molar-refractivity contribution < 1.29 is 9.53 Å². The van der Waals surface area contributed by atoms with Crippen molar-refractivity contribution >= 4 is 40.6 Å². The van der Waals surface area contributed by atoms with Gasteiger partial charge in [0.05, 0.1) is 22.7 Å². The van der Waals surface area contributed by atoms with Crippen LogP contribution in [0.1, 0.15) is 30.7 Å². The molecular weight excluding hydrogens is 420 g/mol. The molecule has 0 saturated carbocycles. The lowest BCUT2D eigenvalue weighted by molar-refractivity contribution is -0.114. The summed E-state index contributed by atoms with van der Waals surface area (Å²) in [5.41, 5.74) is 6.36. The number of aromatic nitrogens is 3. The lowest BCUT2D eigenvalue weighted by atomic mass is 10.1. The Morgan fingerprint density at radius 3 is 2.67 bits per heavy atom. The van der Waals surface area contributed by atoms with Gasteiger partial charge in [-0.1, -0.05) is 24.3 Å². The molecule has 156 valence electrons. The van der Waals surface area contributed by atoms with E-state index in [9.17, 15) is 4.79 Å². The van der Waals surface area contributed by atoms with E-state index in [1.807, 2.05) is 19.4 Å². The van der Waals surface area contributed by atoms with E-state index in [2.05, 4.69) is 44.5 Å². The smallest absolute Gasteiger partial charge is 0.224 e. The predicted molar refractivity (Wildman–Crippen MR) is 122 cm³/mol. The molecule has 0 radical (unpaired) electrons. The van der Waals surface area contributed by atoms with Crippen LogP contribution in [0.5, 0.6) is 0 Å². The Morgan fingerprint density at radius 1 is 1.27 bits per heavy atom. The Hall–Kier alpha value is -2.61. The number of nitrogens with zero attached hydrogens (tertiary/aromatic N) is 3. The van der Waals surface area contributed by atoms with Gasteiger partial charge in [-0.2, -0.15) is 0 Å². The SMILES string of the molecule is CCOC/C(=C/c1cnc(Cl)nc1NCc1ccc(-c2scnc2C)cc1)C(C)=O. The van der Waals surface area contributed by atoms with E-state index in [4.69, 9.17) is 16.3 Å². The monoisotopic (exact) mass is 442 g/mol. The highest BCUT2D eigenvalue weighted by atomic mass is 35.5. The number of carbonyl (C=O) groups excluding carboxylic acids is 1. The van der Waals surface area contributed by atoms with Crippen LogP contribution in [0.15, 0.2) is 41.5 Å². The molecule has 0 bridgehead atoms. The van der Waals surface area contributed by atoms with Crippen LogP contribution < -0.4 is 5.32 Å². The maximum absolute atomic E-state index is 11.9. The normalized spacial score (nSPS) is 11.5. The van der Waals surface area contributed by atoms with Gasteiger partial charge in [-0.05, 0) is 49.6 Å². The summed E-state index contributed by atoms with van der Waals surface area (Å²) in [6.07, 6.45) is 3.34. The van der Waals surface area contributed by atoms with E-state index in [-0.39, 0.29) is 17.7 Å². The van der Waals surface area contributed by atoms with Crippen molar-refractivity contribution in [2.45, 2.75) is 27.3 Å². The van der Waals surface area contributed by atoms with Crippen molar-refractivity contribution in [1.82, 2.24) is 15.0 Å². The molecule has 0 aliphatic carbocycles. The third kappa shape index (κ3) is 5.72. The first kappa shape index (κ1) is 22.1. The van der Waals surface area contributed by atoms with Crippen LogP contribution >= 0.6 is 22.9 Å². The topological polar surface area (TPSA) is 77.0 Å². The van der Waals surface area contributed by atoms with Gasteiger partial charge in [0.25, 0.3) is 0 Å². The van der Waals surface area contributed by atoms with Gasteiger partial charge in [-0.25, -0.2) is 15.0 Å². The summed E-state index contributed by atoms with van der Waals surface area (Å²) >= 11 is 7.63. The number of benzene rings is 1. The fourth-order valence-electron chi connectivity index (χ4n) is 2.80. The second-order valence-electron chi connectivity index (χ2n) is 6.62. The first-order chi connectivity index (χ1) is 14.5. The number of rotatable bonds is 9. The Morgan fingerprint density at radius 2 is 2.03 bits per heavy atom. The zero-order valence-electron chi connectivity index (χ0n) is 17.1. The molecule has 0 aliphatic rings. The third-order valence-corrected chi connectivity index (χ3v) is 5.61. The molecule has 0 atom stereocenters. The van der Waals surface area contributed by atoms with E-state index in [0.29, 0.717) is 30.1 Å². The molecule has 0 amide bonds. The zero-order chi connectivity index (χ0) is 21.5. The molecule has 2 aromatic heterocycles. The Balaban J connectivity index is 1.77. The third-order valence-electron chi connectivity index (χ3n) is 4.45. The maximum atomic E-state index is 11.9. The van der Waals surface area contributed by atoms with Crippen molar-refractivity contribution in [3.8, 4) is 10.4 Å². The molecule has 2 heterocycles. The molecule has 1 N–H and O–H groups in total. The number of thiazole rings is 1. The van der Waals surface area contributed by atoms with E-state index in [1.165, 1.54) is 11.8 Å². The minimum atomic E-state index is -0.0571. The number of nitrogens with one attached hydrogen (secondary N) is 1. The average Bonchev–Trinajstić information content (AvgIpc) is 3.16. The molecule has 0 saturated heterocycles. The fourth-order valence-corrected chi connectivity index (χ4v) is 3.75. The molecule has 0 spiro atoms. The summed E-state index contributed by atoms with van der Waals surface area (Å²) < 4.78 is 5.39. The number of ketones is 1. The highest BCUT2D eigenvalue weighted by Crippen LogP contribution is 2.27. The summed E-state index contributed by atoms with van der Waals surface area (Å²) in [7, 11) is 0. The highest BCUT2D eigenvalue weighted by molar-refractivity contribution is 7.13. The predicted octanol–water partition coefficient (Wildman–Crippen LogP) is 5.18. The van der Waals surface area contributed by atoms with Gasteiger partial charge >= 0.3 is 0 Å². The Labute approximate surface area is 185 Å². The van der Waals surface area contributed by atoms with E-state index in [1.54, 1.807) is 23.6 Å². The summed E-state index contributed by atoms with van der Waals surface area (Å²) in [5.74, 6) is 0.505. The molecule has 0 unspecified atom stereocenters. The summed E-state index contributed by atoms with van der Waals surface area (Å²) in [4.78, 5) is 25.7. The summed E-state index contributed by atoms with van der Waals surface area (Å²) in [5, 5.41) is 3.43. The van der Waals surface area contributed by atoms with Crippen LogP contribution in [-0.4, -0.2) is 33.9 Å². The maximum Gasteiger partial charge on any atom is 0.224 e. The first-order valence-corrected chi connectivity index (χ1v) is 10.8. The fraction of sp³-hybridized carbons (Fsp3) is 0.273. The number of anilines is 1. The molecule has 0 aliphatic heterocycles. The molecular formula is C22H23ClN4O2S. The van der Waals surface area contributed by atoms with Crippen LogP contribution in [-0.2, 0) is 16.1 Å². The molecule has 3 rings (SSSR count). The Bertz CT molecular complexity index is 1050. The van der Waals surface area contributed by atoms with E-state index in [0.717, 1.165) is 16.8 Å². The molecule has 6 nitrogen and oxygen atoms in total. The average molecular weight is 443 g/mol. The lowest BCUT2D eigenvalue weighted by Gasteiger charge is -2.11. The minimum Gasteiger partial charge on any atom is -0.377 e. The number of Topliss-reactive ketones (excluding diaryl/α,β-unsaturated/α-hetero) is 1. The summed E-state index contributed by atoms with van der Waals surface area (Å²) in [6, 6.07) is 8.30. The number of aryl methyl sites for hydroxylation is 1. The molecule has 30 heavy (non-hydrogen) atoms. The standard InChI is InChI=1S/C22H23ClN4O2S/c1-4-29-12-19(15(3)28)9-18-11-25-22(23)27-21(18)24-10-16-5-7-17(8-6-16)20-14(2)26-13-30-20/h5-9,11,13H,4,10,12H2,1-3H3,(H,24,25,27)/b19-9-. The minimum absolute atomic E-state index is 0.0571. The van der Waals surface area contributed by atoms with Crippen LogP contribution in [0.3, 0.4) is 0 Å². The zero-order valence-corrected chi connectivity index (χ0v) is 18.7. The molecule has 8 heteroatoms.